The highest BCUT2D eigenvalue weighted by molar-refractivity contribution is 5.35. The van der Waals surface area contributed by atoms with Gasteiger partial charge in [-0.2, -0.15) is 14.0 Å². The van der Waals surface area contributed by atoms with Crippen LogP contribution in [0.2, 0.25) is 0 Å². The van der Waals surface area contributed by atoms with Crippen LogP contribution in [0, 0.1) is 34.9 Å². The fourth-order valence-corrected chi connectivity index (χ4v) is 7.11. The predicted molar refractivity (Wildman–Crippen MR) is 156 cm³/mol. The lowest BCUT2D eigenvalue weighted by atomic mass is 9.76. The zero-order valence-corrected chi connectivity index (χ0v) is 24.7. The first-order valence-corrected chi connectivity index (χ1v) is 16.0. The maximum atomic E-state index is 15.3. The summed E-state index contributed by atoms with van der Waals surface area (Å²) in [6.07, 6.45) is 7.05. The molecule has 228 valence electrons. The lowest BCUT2D eigenvalue weighted by molar-refractivity contribution is -0.229. The van der Waals surface area contributed by atoms with Gasteiger partial charge in [0.1, 0.15) is 11.6 Å². The van der Waals surface area contributed by atoms with Gasteiger partial charge >= 0.3 is 6.11 Å². The van der Waals surface area contributed by atoms with Crippen molar-refractivity contribution < 1.29 is 27.4 Å². The molecule has 2 aromatic rings. The molecule has 2 aliphatic carbocycles. The van der Waals surface area contributed by atoms with Crippen molar-refractivity contribution in [1.82, 2.24) is 0 Å². The molecule has 7 heteroatoms. The third-order valence-corrected chi connectivity index (χ3v) is 9.74. The topological polar surface area (TPSA) is 51.5 Å². The second-order valence-corrected chi connectivity index (χ2v) is 12.6. The number of benzene rings is 2. The third-order valence-electron chi connectivity index (χ3n) is 9.74. The zero-order valence-electron chi connectivity index (χ0n) is 24.7. The fraction of sp³-hybridized carbons (Fsp3) is 0.629. The van der Waals surface area contributed by atoms with Crippen LogP contribution >= 0.6 is 0 Å². The number of nitriles is 1. The van der Waals surface area contributed by atoms with Gasteiger partial charge in [0.05, 0.1) is 30.8 Å². The first-order chi connectivity index (χ1) is 20.4. The van der Waals surface area contributed by atoms with Crippen molar-refractivity contribution in [2.45, 2.75) is 108 Å². The number of rotatable bonds is 10. The van der Waals surface area contributed by atoms with Gasteiger partial charge in [0.15, 0.2) is 6.29 Å². The predicted octanol–water partition coefficient (Wildman–Crippen LogP) is 9.49. The first-order valence-electron chi connectivity index (χ1n) is 16.0. The van der Waals surface area contributed by atoms with Crippen molar-refractivity contribution in [3.8, 4) is 11.8 Å². The SMILES string of the molecule is CCCCCC1COC(C2CCC(c3ccc(C4CCC(C(F)(F)Oc5ccc(C#N)cc5)CC4)c(F)c3)CC2)OC1. The third kappa shape index (κ3) is 7.68. The zero-order chi connectivity index (χ0) is 29.5. The van der Waals surface area contributed by atoms with Gasteiger partial charge in [0.2, 0.25) is 0 Å². The number of alkyl halides is 2. The molecule has 2 aromatic carbocycles. The summed E-state index contributed by atoms with van der Waals surface area (Å²) in [4.78, 5) is 0. The molecule has 42 heavy (non-hydrogen) atoms. The number of halogens is 3. The summed E-state index contributed by atoms with van der Waals surface area (Å²) in [5, 5.41) is 8.90. The van der Waals surface area contributed by atoms with Crippen LogP contribution in [0.1, 0.15) is 112 Å². The standard InChI is InChI=1S/C35H44F3NO3/c1-2-3-4-5-25-22-40-34(41-23-25)28-10-8-26(9-11-28)29-14-19-32(33(36)20-29)27-12-15-30(16-13-27)35(37,38)42-31-17-6-24(21-39)7-18-31/h6-7,14,17-20,25-28,30,34H,2-5,8-13,15-16,22-23H2,1H3. The van der Waals surface area contributed by atoms with Crippen LogP contribution < -0.4 is 4.74 Å². The Morgan fingerprint density at radius 1 is 0.881 bits per heavy atom. The number of unbranched alkanes of at least 4 members (excludes halogenated alkanes) is 2. The highest BCUT2D eigenvalue weighted by atomic mass is 19.3. The molecule has 4 nitrogen and oxygen atoms in total. The number of hydrogen-bond acceptors (Lipinski definition) is 4. The van der Waals surface area contributed by atoms with E-state index in [9.17, 15) is 8.78 Å². The van der Waals surface area contributed by atoms with E-state index >= 15 is 4.39 Å². The Morgan fingerprint density at radius 3 is 2.17 bits per heavy atom. The normalized spacial score (nSPS) is 28.6. The first kappa shape index (κ1) is 30.9. The molecule has 0 unspecified atom stereocenters. The molecular weight excluding hydrogens is 539 g/mol. The molecule has 0 amide bonds. The molecule has 1 aliphatic heterocycles. The Morgan fingerprint density at radius 2 is 1.55 bits per heavy atom. The molecule has 0 N–H and O–H groups in total. The maximum Gasteiger partial charge on any atom is 0.400 e. The van der Waals surface area contributed by atoms with Gasteiger partial charge in [-0.05, 0) is 111 Å². The number of hydrogen-bond donors (Lipinski definition) is 0. The summed E-state index contributed by atoms with van der Waals surface area (Å²) in [6.45, 7) is 3.81. The van der Waals surface area contributed by atoms with Crippen molar-refractivity contribution >= 4 is 0 Å². The van der Waals surface area contributed by atoms with Gasteiger partial charge in [-0.25, -0.2) is 4.39 Å². The van der Waals surface area contributed by atoms with Crippen LogP contribution in [0.3, 0.4) is 0 Å². The Bertz CT molecular complexity index is 1170. The Kier molecular flexibility index (Phi) is 10.5. The van der Waals surface area contributed by atoms with Gasteiger partial charge in [-0.3, -0.25) is 0 Å². The fourth-order valence-electron chi connectivity index (χ4n) is 7.11. The minimum atomic E-state index is -3.32. The molecule has 1 heterocycles. The smallest absolute Gasteiger partial charge is 0.400 e. The lowest BCUT2D eigenvalue weighted by Gasteiger charge is -2.38. The highest BCUT2D eigenvalue weighted by Gasteiger charge is 2.44. The molecule has 2 saturated carbocycles. The van der Waals surface area contributed by atoms with Crippen LogP contribution in [0.5, 0.6) is 5.75 Å². The average molecular weight is 584 g/mol. The molecule has 3 fully saturated rings. The molecule has 0 aromatic heterocycles. The van der Waals surface area contributed by atoms with Crippen molar-refractivity contribution in [1.29, 1.82) is 5.26 Å². The largest absolute Gasteiger partial charge is 0.432 e. The molecule has 0 bridgehead atoms. The summed E-state index contributed by atoms with van der Waals surface area (Å²) in [7, 11) is 0. The highest BCUT2D eigenvalue weighted by Crippen LogP contribution is 2.45. The Balaban J connectivity index is 1.08. The van der Waals surface area contributed by atoms with Crippen LogP contribution in [0.15, 0.2) is 42.5 Å². The Hall–Kier alpha value is -2.56. The summed E-state index contributed by atoms with van der Waals surface area (Å²) < 4.78 is 62.4. The van der Waals surface area contributed by atoms with E-state index in [1.807, 2.05) is 18.2 Å². The van der Waals surface area contributed by atoms with Crippen molar-refractivity contribution in [2.75, 3.05) is 13.2 Å². The van der Waals surface area contributed by atoms with Gasteiger partial charge < -0.3 is 14.2 Å². The van der Waals surface area contributed by atoms with E-state index in [0.717, 1.165) is 44.5 Å². The van der Waals surface area contributed by atoms with Crippen LogP contribution in [-0.2, 0) is 9.47 Å². The second-order valence-electron chi connectivity index (χ2n) is 12.6. The van der Waals surface area contributed by atoms with Crippen molar-refractivity contribution in [3.05, 3.63) is 65.0 Å². The monoisotopic (exact) mass is 583 g/mol. The van der Waals surface area contributed by atoms with E-state index in [1.54, 1.807) is 6.07 Å². The molecular formula is C35H44F3NO3. The van der Waals surface area contributed by atoms with E-state index in [4.69, 9.17) is 19.5 Å². The summed E-state index contributed by atoms with van der Waals surface area (Å²) >= 11 is 0. The van der Waals surface area contributed by atoms with Gasteiger partial charge in [0, 0.05) is 11.8 Å². The van der Waals surface area contributed by atoms with Crippen LogP contribution in [-0.4, -0.2) is 25.6 Å². The lowest BCUT2D eigenvalue weighted by Crippen LogP contribution is -2.38. The molecule has 3 aliphatic rings. The van der Waals surface area contributed by atoms with Crippen molar-refractivity contribution in [3.63, 3.8) is 0 Å². The van der Waals surface area contributed by atoms with E-state index in [1.165, 1.54) is 49.9 Å². The average Bonchev–Trinajstić information content (AvgIpc) is 3.02. The molecule has 0 atom stereocenters. The van der Waals surface area contributed by atoms with Gasteiger partial charge in [-0.15, -0.1) is 0 Å². The van der Waals surface area contributed by atoms with Gasteiger partial charge in [-0.1, -0.05) is 38.3 Å². The molecule has 5 rings (SSSR count). The second kappa shape index (κ2) is 14.3. The minimum absolute atomic E-state index is 0.0435. The maximum absolute atomic E-state index is 15.3. The van der Waals surface area contributed by atoms with Crippen molar-refractivity contribution in [2.24, 2.45) is 17.8 Å². The molecule has 0 radical (unpaired) electrons. The van der Waals surface area contributed by atoms with E-state index in [2.05, 4.69) is 6.92 Å². The summed E-state index contributed by atoms with van der Waals surface area (Å²) in [5.41, 5.74) is 2.06. The van der Waals surface area contributed by atoms with Crippen LogP contribution in [0.25, 0.3) is 0 Å². The quantitative estimate of drug-likeness (QED) is 0.261. The minimum Gasteiger partial charge on any atom is -0.432 e. The van der Waals surface area contributed by atoms with Crippen LogP contribution in [0.4, 0.5) is 13.2 Å². The summed E-state index contributed by atoms with van der Waals surface area (Å²) in [5.74, 6) is 0.0717. The van der Waals surface area contributed by atoms with Gasteiger partial charge in [0.25, 0.3) is 0 Å². The number of ether oxygens (including phenoxy) is 3. The van der Waals surface area contributed by atoms with E-state index in [0.29, 0.717) is 41.7 Å². The Labute approximate surface area is 248 Å². The van der Waals surface area contributed by atoms with E-state index < -0.39 is 12.0 Å². The molecule has 0 spiro atoms. The van der Waals surface area contributed by atoms with E-state index in [-0.39, 0.29) is 36.6 Å². The number of nitrogens with zero attached hydrogens (tertiary/aromatic N) is 1. The summed E-state index contributed by atoms with van der Waals surface area (Å²) in [6, 6.07) is 13.3. The molecule has 1 saturated heterocycles.